The van der Waals surface area contributed by atoms with Crippen molar-refractivity contribution in [2.24, 2.45) is 5.73 Å². The first-order valence-corrected chi connectivity index (χ1v) is 6.44. The Labute approximate surface area is 105 Å². The number of phenols is 1. The van der Waals surface area contributed by atoms with Gasteiger partial charge in [-0.15, -0.1) is 0 Å². The standard InChI is InChI=1S/C13H18BrNO/c1-7-6-10(14)8(2)12(16)11(7)13(4-5-13)9(3)15/h6,9,16H,4-5,15H2,1-3H3. The first kappa shape index (κ1) is 11.9. The van der Waals surface area contributed by atoms with E-state index < -0.39 is 0 Å². The summed E-state index contributed by atoms with van der Waals surface area (Å²) in [6, 6.07) is 2.17. The van der Waals surface area contributed by atoms with Crippen LogP contribution in [-0.4, -0.2) is 11.1 Å². The molecule has 1 aromatic carbocycles. The Morgan fingerprint density at radius 3 is 2.44 bits per heavy atom. The molecule has 0 amide bonds. The Hall–Kier alpha value is -0.540. The topological polar surface area (TPSA) is 46.2 Å². The second-order valence-corrected chi connectivity index (χ2v) is 5.82. The minimum atomic E-state index is 0.0135. The van der Waals surface area contributed by atoms with Crippen LogP contribution in [0.1, 0.15) is 36.5 Å². The fourth-order valence-electron chi connectivity index (χ4n) is 2.55. The Morgan fingerprint density at radius 1 is 1.44 bits per heavy atom. The van der Waals surface area contributed by atoms with Gasteiger partial charge in [0, 0.05) is 27.1 Å². The molecule has 1 aliphatic carbocycles. The average molecular weight is 284 g/mol. The average Bonchev–Trinajstić information content (AvgIpc) is 2.96. The van der Waals surface area contributed by atoms with E-state index in [0.29, 0.717) is 5.75 Å². The third kappa shape index (κ3) is 1.57. The molecule has 1 aromatic rings. The van der Waals surface area contributed by atoms with Crippen molar-refractivity contribution in [3.05, 3.63) is 27.2 Å². The van der Waals surface area contributed by atoms with Crippen molar-refractivity contribution in [2.45, 2.75) is 45.1 Å². The van der Waals surface area contributed by atoms with Crippen LogP contribution in [0.5, 0.6) is 5.75 Å². The molecule has 2 rings (SSSR count). The van der Waals surface area contributed by atoms with Gasteiger partial charge in [0.2, 0.25) is 0 Å². The van der Waals surface area contributed by atoms with Gasteiger partial charge in [0.1, 0.15) is 5.75 Å². The van der Waals surface area contributed by atoms with E-state index in [1.807, 2.05) is 20.8 Å². The highest BCUT2D eigenvalue weighted by Crippen LogP contribution is 2.55. The summed E-state index contributed by atoms with van der Waals surface area (Å²) >= 11 is 3.46. The number of aromatic hydroxyl groups is 1. The van der Waals surface area contributed by atoms with Gasteiger partial charge < -0.3 is 10.8 Å². The number of hydrogen-bond donors (Lipinski definition) is 2. The molecule has 1 saturated carbocycles. The monoisotopic (exact) mass is 283 g/mol. The Bertz CT molecular complexity index is 436. The summed E-state index contributed by atoms with van der Waals surface area (Å²) in [4.78, 5) is 0. The van der Waals surface area contributed by atoms with Crippen molar-refractivity contribution in [3.63, 3.8) is 0 Å². The summed E-state index contributed by atoms with van der Waals surface area (Å²) in [6.07, 6.45) is 2.17. The van der Waals surface area contributed by atoms with Crippen molar-refractivity contribution >= 4 is 15.9 Å². The highest BCUT2D eigenvalue weighted by atomic mass is 79.9. The van der Waals surface area contributed by atoms with Crippen molar-refractivity contribution in [1.29, 1.82) is 0 Å². The Kier molecular flexibility index (Phi) is 2.79. The molecule has 1 aliphatic rings. The molecule has 0 radical (unpaired) electrons. The molecular formula is C13H18BrNO. The van der Waals surface area contributed by atoms with Gasteiger partial charge in [0.05, 0.1) is 0 Å². The van der Waals surface area contributed by atoms with Gasteiger partial charge >= 0.3 is 0 Å². The zero-order valence-corrected chi connectivity index (χ0v) is 11.6. The Morgan fingerprint density at radius 2 is 2.00 bits per heavy atom. The highest BCUT2D eigenvalue weighted by molar-refractivity contribution is 9.10. The minimum Gasteiger partial charge on any atom is -0.507 e. The van der Waals surface area contributed by atoms with Gasteiger partial charge in [-0.2, -0.15) is 0 Å². The van der Waals surface area contributed by atoms with Gasteiger partial charge in [0.25, 0.3) is 0 Å². The van der Waals surface area contributed by atoms with Crippen LogP contribution in [0, 0.1) is 13.8 Å². The molecule has 0 aliphatic heterocycles. The lowest BCUT2D eigenvalue weighted by Crippen LogP contribution is -2.32. The minimum absolute atomic E-state index is 0.0135. The first-order valence-electron chi connectivity index (χ1n) is 5.65. The highest BCUT2D eigenvalue weighted by Gasteiger charge is 2.50. The number of aryl methyl sites for hydroxylation is 1. The van der Waals surface area contributed by atoms with Gasteiger partial charge in [-0.05, 0) is 45.2 Å². The number of rotatable bonds is 2. The maximum absolute atomic E-state index is 10.3. The summed E-state index contributed by atoms with van der Waals surface area (Å²) in [5.74, 6) is 0.418. The van der Waals surface area contributed by atoms with Crippen molar-refractivity contribution < 1.29 is 5.11 Å². The molecule has 0 bridgehead atoms. The predicted octanol–water partition coefficient (Wildman–Crippen LogP) is 3.15. The lowest BCUT2D eigenvalue weighted by molar-refractivity contribution is 0.441. The third-order valence-corrected chi connectivity index (χ3v) is 4.67. The molecule has 1 atom stereocenters. The van der Waals surface area contributed by atoms with Crippen LogP contribution in [0.3, 0.4) is 0 Å². The normalized spacial score (nSPS) is 19.6. The fourth-order valence-corrected chi connectivity index (χ4v) is 3.09. The van der Waals surface area contributed by atoms with Crippen molar-refractivity contribution in [3.8, 4) is 5.75 Å². The van der Waals surface area contributed by atoms with Crippen LogP contribution in [0.25, 0.3) is 0 Å². The van der Waals surface area contributed by atoms with Gasteiger partial charge in [0.15, 0.2) is 0 Å². The summed E-state index contributed by atoms with van der Waals surface area (Å²) in [5.41, 5.74) is 9.18. The van der Waals surface area contributed by atoms with Gasteiger partial charge in [-0.25, -0.2) is 0 Å². The second kappa shape index (κ2) is 3.74. The predicted molar refractivity (Wildman–Crippen MR) is 69.8 cm³/mol. The van der Waals surface area contributed by atoms with Crippen molar-refractivity contribution in [2.75, 3.05) is 0 Å². The van der Waals surface area contributed by atoms with Crippen LogP contribution in [0.15, 0.2) is 10.5 Å². The number of benzene rings is 1. The number of nitrogens with two attached hydrogens (primary N) is 1. The van der Waals surface area contributed by atoms with E-state index in [2.05, 4.69) is 22.0 Å². The lowest BCUT2D eigenvalue weighted by Gasteiger charge is -2.24. The number of phenolic OH excluding ortho intramolecular Hbond substituents is 1. The van der Waals surface area contributed by atoms with E-state index >= 15 is 0 Å². The molecule has 3 N–H and O–H groups in total. The van der Waals surface area contributed by atoms with Crippen LogP contribution >= 0.6 is 15.9 Å². The van der Waals surface area contributed by atoms with E-state index in [1.54, 1.807) is 0 Å². The molecular weight excluding hydrogens is 266 g/mol. The van der Waals surface area contributed by atoms with Crippen LogP contribution in [0.2, 0.25) is 0 Å². The van der Waals surface area contributed by atoms with E-state index in [1.165, 1.54) is 0 Å². The summed E-state index contributed by atoms with van der Waals surface area (Å²) in [7, 11) is 0. The summed E-state index contributed by atoms with van der Waals surface area (Å²) < 4.78 is 0.965. The molecule has 1 unspecified atom stereocenters. The van der Waals surface area contributed by atoms with E-state index in [0.717, 1.165) is 34.0 Å². The fraction of sp³-hybridized carbons (Fsp3) is 0.538. The molecule has 88 valence electrons. The van der Waals surface area contributed by atoms with E-state index in [9.17, 15) is 5.11 Å². The van der Waals surface area contributed by atoms with Crippen LogP contribution < -0.4 is 5.73 Å². The summed E-state index contributed by atoms with van der Waals surface area (Å²) in [6.45, 7) is 6.00. The third-order valence-electron chi connectivity index (χ3n) is 3.85. The first-order chi connectivity index (χ1) is 7.40. The van der Waals surface area contributed by atoms with Crippen molar-refractivity contribution in [1.82, 2.24) is 0 Å². The zero-order chi connectivity index (χ0) is 12.1. The van der Waals surface area contributed by atoms with E-state index in [4.69, 9.17) is 5.73 Å². The quantitative estimate of drug-likeness (QED) is 0.876. The zero-order valence-electron chi connectivity index (χ0n) is 9.97. The Balaban J connectivity index is 2.62. The largest absolute Gasteiger partial charge is 0.507 e. The maximum Gasteiger partial charge on any atom is 0.123 e. The molecule has 16 heavy (non-hydrogen) atoms. The molecule has 0 spiro atoms. The molecule has 0 aromatic heterocycles. The number of halogens is 1. The molecule has 0 saturated heterocycles. The van der Waals surface area contributed by atoms with Crippen LogP contribution in [0.4, 0.5) is 0 Å². The van der Waals surface area contributed by atoms with Gasteiger partial charge in [-0.3, -0.25) is 0 Å². The smallest absolute Gasteiger partial charge is 0.123 e. The number of hydrogen-bond acceptors (Lipinski definition) is 2. The summed E-state index contributed by atoms with van der Waals surface area (Å²) in [5, 5.41) is 10.3. The van der Waals surface area contributed by atoms with E-state index in [-0.39, 0.29) is 11.5 Å². The van der Waals surface area contributed by atoms with Gasteiger partial charge in [-0.1, -0.05) is 15.9 Å². The molecule has 3 heteroatoms. The molecule has 2 nitrogen and oxygen atoms in total. The molecule has 0 heterocycles. The van der Waals surface area contributed by atoms with Crippen LogP contribution in [-0.2, 0) is 5.41 Å². The lowest BCUT2D eigenvalue weighted by atomic mass is 9.84. The maximum atomic E-state index is 10.3. The molecule has 1 fully saturated rings. The second-order valence-electron chi connectivity index (χ2n) is 4.97. The SMILES string of the molecule is Cc1cc(Br)c(C)c(O)c1C1(C(C)N)CC1.